The second-order valence-electron chi connectivity index (χ2n) is 9.20. The molecule has 1 amide bonds. The number of hydrogen-bond acceptors (Lipinski definition) is 8. The van der Waals surface area contributed by atoms with Crippen molar-refractivity contribution in [2.45, 2.75) is 36.4 Å². The third kappa shape index (κ3) is 5.84. The molecule has 4 heterocycles. The number of rotatable bonds is 8. The molecule has 37 heavy (non-hydrogen) atoms. The van der Waals surface area contributed by atoms with Gasteiger partial charge in [-0.25, -0.2) is 13.4 Å². The summed E-state index contributed by atoms with van der Waals surface area (Å²) in [7, 11) is -3.84. The van der Waals surface area contributed by atoms with Gasteiger partial charge in [-0.2, -0.15) is 4.31 Å². The summed E-state index contributed by atoms with van der Waals surface area (Å²) in [6, 6.07) is 6.00. The van der Waals surface area contributed by atoms with Crippen LogP contribution in [0.1, 0.15) is 24.8 Å². The summed E-state index contributed by atoms with van der Waals surface area (Å²) in [5, 5.41) is 1.18. The van der Waals surface area contributed by atoms with Crippen LogP contribution in [-0.4, -0.2) is 80.5 Å². The smallest absolute Gasteiger partial charge is 0.253 e. The van der Waals surface area contributed by atoms with Crippen molar-refractivity contribution in [2.75, 3.05) is 50.8 Å². The first-order valence-corrected chi connectivity index (χ1v) is 16.0. The number of fused-ring (bicyclic) bond motifs is 1. The van der Waals surface area contributed by atoms with E-state index in [4.69, 9.17) is 32.9 Å². The van der Waals surface area contributed by atoms with Crippen LogP contribution in [0.25, 0.3) is 10.2 Å². The molecule has 0 N–H and O–H groups in total. The molecule has 0 radical (unpaired) electrons. The van der Waals surface area contributed by atoms with Gasteiger partial charge in [0.15, 0.2) is 5.13 Å². The van der Waals surface area contributed by atoms with E-state index in [9.17, 15) is 13.2 Å². The Balaban J connectivity index is 1.43. The van der Waals surface area contributed by atoms with Crippen LogP contribution in [0.3, 0.4) is 0 Å². The number of sulfonamides is 1. The molecule has 0 aliphatic carbocycles. The lowest BCUT2D eigenvalue weighted by molar-refractivity contribution is -0.121. The van der Waals surface area contributed by atoms with E-state index in [-0.39, 0.29) is 10.1 Å². The predicted molar refractivity (Wildman–Crippen MR) is 150 cm³/mol. The highest BCUT2D eigenvalue weighted by Gasteiger charge is 2.42. The van der Waals surface area contributed by atoms with Crippen molar-refractivity contribution >= 4 is 77.2 Å². The Morgan fingerprint density at radius 1 is 1.19 bits per heavy atom. The van der Waals surface area contributed by atoms with Crippen molar-refractivity contribution in [3.05, 3.63) is 39.2 Å². The number of amides is 1. The van der Waals surface area contributed by atoms with Gasteiger partial charge in [0, 0.05) is 37.7 Å². The largest absolute Gasteiger partial charge is 0.379 e. The molecule has 2 aromatic heterocycles. The van der Waals surface area contributed by atoms with Crippen LogP contribution in [0.4, 0.5) is 5.13 Å². The molecule has 0 saturated carbocycles. The van der Waals surface area contributed by atoms with Gasteiger partial charge in [-0.3, -0.25) is 14.6 Å². The lowest BCUT2D eigenvalue weighted by Crippen LogP contribution is -2.48. The molecule has 8 nitrogen and oxygen atoms in total. The van der Waals surface area contributed by atoms with E-state index >= 15 is 0 Å². The minimum atomic E-state index is -3.84. The number of halogens is 2. The number of anilines is 1. The van der Waals surface area contributed by atoms with Crippen molar-refractivity contribution in [1.82, 2.24) is 14.2 Å². The van der Waals surface area contributed by atoms with Gasteiger partial charge >= 0.3 is 0 Å². The Kier molecular flexibility index (Phi) is 8.42. The fourth-order valence-corrected chi connectivity index (χ4v) is 9.56. The molecule has 2 aliphatic heterocycles. The van der Waals surface area contributed by atoms with Crippen molar-refractivity contribution in [3.63, 3.8) is 0 Å². The van der Waals surface area contributed by atoms with Crippen LogP contribution < -0.4 is 4.90 Å². The zero-order valence-corrected chi connectivity index (χ0v) is 24.3. The summed E-state index contributed by atoms with van der Waals surface area (Å²) in [5.74, 6) is -0.242. The maximum absolute atomic E-state index is 14.1. The molecule has 2 saturated heterocycles. The Hall–Kier alpha value is -1.31. The molecule has 13 heteroatoms. The molecule has 1 aromatic carbocycles. The van der Waals surface area contributed by atoms with E-state index in [2.05, 4.69) is 4.90 Å². The number of nitrogens with zero attached hydrogens (tertiary/aromatic N) is 4. The maximum atomic E-state index is 14.1. The van der Waals surface area contributed by atoms with Crippen LogP contribution in [0.5, 0.6) is 0 Å². The third-order valence-corrected chi connectivity index (χ3v) is 11.5. The van der Waals surface area contributed by atoms with E-state index in [1.54, 1.807) is 11.0 Å². The Labute approximate surface area is 234 Å². The number of ether oxygens (including phenoxy) is 1. The summed E-state index contributed by atoms with van der Waals surface area (Å²) in [4.78, 5) is 22.9. The van der Waals surface area contributed by atoms with Crippen LogP contribution >= 0.6 is 45.9 Å². The van der Waals surface area contributed by atoms with Crippen LogP contribution in [0.15, 0.2) is 28.5 Å². The molecular formula is C24H28Cl2N4O4S3. The number of thiazole rings is 1. The maximum Gasteiger partial charge on any atom is 0.253 e. The summed E-state index contributed by atoms with van der Waals surface area (Å²) < 4.78 is 35.1. The summed E-state index contributed by atoms with van der Waals surface area (Å²) in [6.45, 7) is 6.66. The van der Waals surface area contributed by atoms with E-state index in [1.807, 2.05) is 19.1 Å². The number of thiophene rings is 1. The fraction of sp³-hybridized carbons (Fsp3) is 0.500. The summed E-state index contributed by atoms with van der Waals surface area (Å²) >= 11 is 14.7. The predicted octanol–water partition coefficient (Wildman–Crippen LogP) is 4.88. The number of carbonyl (C=O) groups is 1. The first-order chi connectivity index (χ1) is 17.7. The first-order valence-electron chi connectivity index (χ1n) is 12.2. The van der Waals surface area contributed by atoms with Gasteiger partial charge in [-0.05, 0) is 56.0 Å². The molecular weight excluding hydrogens is 575 g/mol. The minimum Gasteiger partial charge on any atom is -0.379 e. The monoisotopic (exact) mass is 602 g/mol. The van der Waals surface area contributed by atoms with Gasteiger partial charge in [-0.1, -0.05) is 34.5 Å². The average molecular weight is 604 g/mol. The minimum absolute atomic E-state index is 0.154. The molecule has 0 bridgehead atoms. The average Bonchev–Trinajstić information content (AvgIpc) is 3.62. The van der Waals surface area contributed by atoms with Gasteiger partial charge in [0.25, 0.3) is 10.0 Å². The van der Waals surface area contributed by atoms with Crippen molar-refractivity contribution < 1.29 is 17.9 Å². The zero-order valence-electron chi connectivity index (χ0n) is 20.4. The van der Waals surface area contributed by atoms with E-state index in [0.29, 0.717) is 53.6 Å². The molecule has 1 unspecified atom stereocenters. The van der Waals surface area contributed by atoms with Gasteiger partial charge in [0.1, 0.15) is 10.3 Å². The fourth-order valence-electron chi connectivity index (χ4n) is 4.84. The molecule has 1 atom stereocenters. The van der Waals surface area contributed by atoms with Crippen molar-refractivity contribution in [3.8, 4) is 0 Å². The second kappa shape index (κ2) is 11.4. The molecule has 200 valence electrons. The highest BCUT2D eigenvalue weighted by atomic mass is 35.5. The van der Waals surface area contributed by atoms with Gasteiger partial charge in [-0.15, -0.1) is 11.3 Å². The van der Waals surface area contributed by atoms with Gasteiger partial charge in [0.05, 0.1) is 27.8 Å². The van der Waals surface area contributed by atoms with Crippen LogP contribution in [0, 0.1) is 6.92 Å². The number of carbonyl (C=O) groups excluding carboxylic acids is 1. The highest BCUT2D eigenvalue weighted by molar-refractivity contribution is 7.91. The van der Waals surface area contributed by atoms with Crippen molar-refractivity contribution in [1.29, 1.82) is 0 Å². The van der Waals surface area contributed by atoms with Crippen LogP contribution in [-0.2, 0) is 19.6 Å². The van der Waals surface area contributed by atoms with E-state index < -0.39 is 16.1 Å². The summed E-state index contributed by atoms with van der Waals surface area (Å²) in [6.07, 6.45) is 1.82. The number of morpholine rings is 1. The normalized spacial score (nSPS) is 19.6. The molecule has 5 rings (SSSR count). The quantitative estimate of drug-likeness (QED) is 0.365. The van der Waals surface area contributed by atoms with Crippen molar-refractivity contribution in [2.24, 2.45) is 0 Å². The Bertz CT molecular complexity index is 1390. The van der Waals surface area contributed by atoms with Gasteiger partial charge in [0.2, 0.25) is 5.91 Å². The Morgan fingerprint density at radius 3 is 2.70 bits per heavy atom. The second-order valence-corrected chi connectivity index (χ2v) is 14.5. The highest BCUT2D eigenvalue weighted by Crippen LogP contribution is 2.36. The number of benzene rings is 1. The molecule has 2 aliphatic rings. The Morgan fingerprint density at radius 2 is 1.97 bits per heavy atom. The molecule has 3 aromatic rings. The molecule has 2 fully saturated rings. The molecule has 0 spiro atoms. The number of aryl methyl sites for hydroxylation is 1. The lowest BCUT2D eigenvalue weighted by Gasteiger charge is -2.30. The van der Waals surface area contributed by atoms with E-state index in [0.717, 1.165) is 53.2 Å². The van der Waals surface area contributed by atoms with E-state index in [1.165, 1.54) is 21.7 Å². The number of hydrogen-bond donors (Lipinski definition) is 0. The standard InChI is InChI=1S/C24H28Cl2N4O4S3/c1-16-14-17(25)15-19-22(16)27-24(35-19)29(8-3-7-28-10-12-34-13-11-28)23(31)18-4-2-9-30(18)37(32,33)21-6-5-20(26)36-21/h5-6,14-15,18H,2-4,7-13H2,1H3. The SMILES string of the molecule is Cc1cc(Cl)cc2sc(N(CCCN3CCOCC3)C(=O)C3CCCN3S(=O)(=O)c3ccc(Cl)s3)nc12. The van der Waals surface area contributed by atoms with Crippen LogP contribution in [0.2, 0.25) is 9.36 Å². The third-order valence-electron chi connectivity index (χ3n) is 6.70. The van der Waals surface area contributed by atoms with Gasteiger partial charge < -0.3 is 4.74 Å². The topological polar surface area (TPSA) is 83.0 Å². The lowest BCUT2D eigenvalue weighted by atomic mass is 10.2. The zero-order chi connectivity index (χ0) is 26.2. The summed E-state index contributed by atoms with van der Waals surface area (Å²) in [5.41, 5.74) is 1.74. The number of aromatic nitrogens is 1. The first kappa shape index (κ1) is 27.3.